The second kappa shape index (κ2) is 4.24. The average Bonchev–Trinajstić information content (AvgIpc) is 2.74. The summed E-state index contributed by atoms with van der Waals surface area (Å²) in [5.74, 6) is 0.214. The van der Waals surface area contributed by atoms with Gasteiger partial charge in [0.2, 0.25) is 5.91 Å². The van der Waals surface area contributed by atoms with Gasteiger partial charge in [0.25, 0.3) is 0 Å². The second-order valence-corrected chi connectivity index (χ2v) is 4.15. The predicted octanol–water partition coefficient (Wildman–Crippen LogP) is 2.09. The number of nitrogens with zero attached hydrogens (tertiary/aromatic N) is 1. The van der Waals surface area contributed by atoms with Gasteiger partial charge < -0.3 is 15.8 Å². The van der Waals surface area contributed by atoms with Gasteiger partial charge in [0.15, 0.2) is 11.6 Å². The van der Waals surface area contributed by atoms with Crippen LogP contribution in [0.5, 0.6) is 11.5 Å². The van der Waals surface area contributed by atoms with Crippen LogP contribution in [0.4, 0.5) is 15.9 Å². The molecule has 2 aromatic rings. The molecule has 0 fully saturated rings. The number of rotatable bonds is 2. The van der Waals surface area contributed by atoms with Gasteiger partial charge in [-0.1, -0.05) is 0 Å². The van der Waals surface area contributed by atoms with Crippen LogP contribution < -0.4 is 15.8 Å². The van der Waals surface area contributed by atoms with Gasteiger partial charge in [0.1, 0.15) is 11.6 Å². The highest BCUT2D eigenvalue weighted by molar-refractivity contribution is 5.98. The topological polar surface area (TPSA) is 77.2 Å². The summed E-state index contributed by atoms with van der Waals surface area (Å²) in [6.45, 7) is 0. The molecule has 1 aliphatic rings. The molecular formula is C13H10FN3O2. The Labute approximate surface area is 108 Å². The number of aromatic nitrogens is 1. The molecule has 0 aliphatic carbocycles. The highest BCUT2D eigenvalue weighted by atomic mass is 19.1. The third kappa shape index (κ3) is 2.08. The highest BCUT2D eigenvalue weighted by Gasteiger charge is 2.23. The predicted molar refractivity (Wildman–Crippen MR) is 67.5 cm³/mol. The van der Waals surface area contributed by atoms with E-state index >= 15 is 0 Å². The van der Waals surface area contributed by atoms with Crippen LogP contribution in [0.3, 0.4) is 0 Å². The summed E-state index contributed by atoms with van der Waals surface area (Å²) in [6.07, 6.45) is 1.67. The van der Waals surface area contributed by atoms with E-state index in [-0.39, 0.29) is 18.1 Å². The minimum absolute atomic E-state index is 0.0574. The van der Waals surface area contributed by atoms with Crippen molar-refractivity contribution in [2.24, 2.45) is 0 Å². The Morgan fingerprint density at radius 3 is 2.95 bits per heavy atom. The van der Waals surface area contributed by atoms with E-state index in [1.165, 1.54) is 18.3 Å². The highest BCUT2D eigenvalue weighted by Crippen LogP contribution is 2.33. The SMILES string of the molecule is Nc1ccc(Oc2ccnc3c2CC(=O)N3)c(F)c1. The standard InChI is InChI=1S/C13H10FN3O2/c14-9-5-7(15)1-2-11(9)19-10-3-4-16-13-8(10)6-12(18)17-13/h1-5H,6,15H2,(H,16,17,18). The summed E-state index contributed by atoms with van der Waals surface area (Å²) in [5.41, 5.74) is 6.42. The molecule has 0 unspecified atom stereocenters. The molecule has 5 nitrogen and oxygen atoms in total. The molecule has 3 rings (SSSR count). The van der Waals surface area contributed by atoms with E-state index in [0.29, 0.717) is 22.8 Å². The van der Waals surface area contributed by atoms with E-state index in [9.17, 15) is 9.18 Å². The van der Waals surface area contributed by atoms with Gasteiger partial charge in [-0.05, 0) is 18.2 Å². The van der Waals surface area contributed by atoms with E-state index in [4.69, 9.17) is 10.5 Å². The van der Waals surface area contributed by atoms with Crippen molar-refractivity contribution < 1.29 is 13.9 Å². The van der Waals surface area contributed by atoms with Crippen molar-refractivity contribution in [2.45, 2.75) is 6.42 Å². The molecule has 19 heavy (non-hydrogen) atoms. The fraction of sp³-hybridized carbons (Fsp3) is 0.0769. The summed E-state index contributed by atoms with van der Waals surface area (Å²) in [6, 6.07) is 5.76. The lowest BCUT2D eigenvalue weighted by Crippen LogP contribution is -2.04. The van der Waals surface area contributed by atoms with Crippen molar-refractivity contribution in [3.8, 4) is 11.5 Å². The lowest BCUT2D eigenvalue weighted by atomic mass is 10.2. The van der Waals surface area contributed by atoms with Crippen LogP contribution in [0.15, 0.2) is 30.5 Å². The maximum absolute atomic E-state index is 13.7. The number of benzene rings is 1. The molecule has 1 aromatic carbocycles. The minimum Gasteiger partial charge on any atom is -0.454 e. The smallest absolute Gasteiger partial charge is 0.230 e. The van der Waals surface area contributed by atoms with Gasteiger partial charge in [0.05, 0.1) is 6.42 Å². The Morgan fingerprint density at radius 1 is 1.32 bits per heavy atom. The molecule has 6 heteroatoms. The van der Waals surface area contributed by atoms with E-state index in [0.717, 1.165) is 0 Å². The number of carbonyl (C=O) groups excluding carboxylic acids is 1. The van der Waals surface area contributed by atoms with Crippen LogP contribution in [-0.4, -0.2) is 10.9 Å². The monoisotopic (exact) mass is 259 g/mol. The Morgan fingerprint density at radius 2 is 2.16 bits per heavy atom. The number of anilines is 2. The van der Waals surface area contributed by atoms with Gasteiger partial charge in [-0.3, -0.25) is 4.79 Å². The number of ether oxygens (including phenoxy) is 1. The number of nitrogens with two attached hydrogens (primary N) is 1. The molecule has 0 atom stereocenters. The summed E-state index contributed by atoms with van der Waals surface area (Å²) in [5, 5.41) is 2.60. The van der Waals surface area contributed by atoms with Gasteiger partial charge in [-0.2, -0.15) is 0 Å². The van der Waals surface area contributed by atoms with Crippen molar-refractivity contribution in [1.82, 2.24) is 4.98 Å². The van der Waals surface area contributed by atoms with Gasteiger partial charge >= 0.3 is 0 Å². The fourth-order valence-electron chi connectivity index (χ4n) is 1.90. The van der Waals surface area contributed by atoms with Crippen molar-refractivity contribution in [3.05, 3.63) is 41.8 Å². The normalized spacial score (nSPS) is 13.0. The Kier molecular flexibility index (Phi) is 2.56. The zero-order chi connectivity index (χ0) is 13.4. The van der Waals surface area contributed by atoms with Crippen molar-refractivity contribution in [1.29, 1.82) is 0 Å². The zero-order valence-electron chi connectivity index (χ0n) is 9.81. The maximum atomic E-state index is 13.7. The van der Waals surface area contributed by atoms with Crippen LogP contribution in [0.25, 0.3) is 0 Å². The summed E-state index contributed by atoms with van der Waals surface area (Å²) >= 11 is 0. The lowest BCUT2D eigenvalue weighted by molar-refractivity contribution is -0.115. The molecule has 0 spiro atoms. The first-order chi connectivity index (χ1) is 9.13. The van der Waals surface area contributed by atoms with Crippen LogP contribution in [0.1, 0.15) is 5.56 Å². The number of amides is 1. The maximum Gasteiger partial charge on any atom is 0.230 e. The average molecular weight is 259 g/mol. The molecule has 1 aromatic heterocycles. The molecule has 0 saturated heterocycles. The van der Waals surface area contributed by atoms with Crippen molar-refractivity contribution in [3.63, 3.8) is 0 Å². The Hall–Kier alpha value is -2.63. The van der Waals surface area contributed by atoms with Crippen LogP contribution >= 0.6 is 0 Å². The van der Waals surface area contributed by atoms with E-state index in [2.05, 4.69) is 10.3 Å². The van der Waals surface area contributed by atoms with E-state index < -0.39 is 5.82 Å². The summed E-state index contributed by atoms with van der Waals surface area (Å²) < 4.78 is 19.2. The molecule has 3 N–H and O–H groups in total. The number of nitrogen functional groups attached to an aromatic ring is 1. The van der Waals surface area contributed by atoms with Crippen LogP contribution in [0.2, 0.25) is 0 Å². The third-order valence-electron chi connectivity index (χ3n) is 2.78. The van der Waals surface area contributed by atoms with E-state index in [1.54, 1.807) is 12.1 Å². The van der Waals surface area contributed by atoms with Crippen molar-refractivity contribution >= 4 is 17.4 Å². The van der Waals surface area contributed by atoms with Gasteiger partial charge in [-0.15, -0.1) is 0 Å². The number of fused-ring (bicyclic) bond motifs is 1. The van der Waals surface area contributed by atoms with Crippen molar-refractivity contribution in [2.75, 3.05) is 11.1 Å². The Bertz CT molecular complexity index is 673. The first-order valence-corrected chi connectivity index (χ1v) is 5.64. The lowest BCUT2D eigenvalue weighted by Gasteiger charge is -2.09. The number of halogens is 1. The van der Waals surface area contributed by atoms with Crippen LogP contribution in [-0.2, 0) is 11.2 Å². The number of carbonyl (C=O) groups is 1. The second-order valence-electron chi connectivity index (χ2n) is 4.15. The molecule has 2 heterocycles. The summed E-state index contributed by atoms with van der Waals surface area (Å²) in [4.78, 5) is 15.3. The van der Waals surface area contributed by atoms with Gasteiger partial charge in [0, 0.05) is 23.5 Å². The largest absolute Gasteiger partial charge is 0.454 e. The Balaban J connectivity index is 1.97. The quantitative estimate of drug-likeness (QED) is 0.809. The number of hydrogen-bond donors (Lipinski definition) is 2. The molecule has 0 saturated carbocycles. The third-order valence-corrected chi connectivity index (χ3v) is 2.78. The zero-order valence-corrected chi connectivity index (χ0v) is 9.81. The first kappa shape index (κ1) is 11.5. The molecule has 96 valence electrons. The molecule has 0 bridgehead atoms. The molecule has 1 aliphatic heterocycles. The minimum atomic E-state index is -0.553. The molecule has 0 radical (unpaired) electrons. The van der Waals surface area contributed by atoms with Crippen LogP contribution in [0, 0.1) is 5.82 Å². The molecular weight excluding hydrogens is 249 g/mol. The fourth-order valence-corrected chi connectivity index (χ4v) is 1.90. The summed E-state index contributed by atoms with van der Waals surface area (Å²) in [7, 11) is 0. The first-order valence-electron chi connectivity index (χ1n) is 5.64. The number of hydrogen-bond acceptors (Lipinski definition) is 4. The van der Waals surface area contributed by atoms with E-state index in [1.807, 2.05) is 0 Å². The number of nitrogens with one attached hydrogen (secondary N) is 1. The van der Waals surface area contributed by atoms with Gasteiger partial charge in [-0.25, -0.2) is 9.37 Å². The number of pyridine rings is 1. The molecule has 1 amide bonds.